The Morgan fingerprint density at radius 1 is 0.957 bits per heavy atom. The third kappa shape index (κ3) is 5.78. The number of hydrogen-bond donors (Lipinski definition) is 0. The first kappa shape index (κ1) is 18.8. The third-order valence-corrected chi connectivity index (χ3v) is 7.14. The molecule has 0 saturated heterocycles. The zero-order chi connectivity index (χ0) is 16.8. The summed E-state index contributed by atoms with van der Waals surface area (Å²) in [6, 6.07) is 0. The van der Waals surface area contributed by atoms with Gasteiger partial charge in [0.1, 0.15) is 0 Å². The fourth-order valence-corrected chi connectivity index (χ4v) is 5.11. The quantitative estimate of drug-likeness (QED) is 0.333. The summed E-state index contributed by atoms with van der Waals surface area (Å²) in [7, 11) is 0. The Kier molecular flexibility index (Phi) is 7.40. The maximum Gasteiger partial charge on any atom is 0.584 e. The van der Waals surface area contributed by atoms with Crippen molar-refractivity contribution < 1.29 is 21.6 Å². The predicted molar refractivity (Wildman–Crippen MR) is 89.9 cm³/mol. The van der Waals surface area contributed by atoms with Crippen LogP contribution in [0.1, 0.15) is 65.2 Å². The van der Waals surface area contributed by atoms with E-state index in [0.29, 0.717) is 11.8 Å². The molecule has 0 aromatic rings. The summed E-state index contributed by atoms with van der Waals surface area (Å²) >= 11 is -3.66. The Labute approximate surface area is 143 Å². The average molecular weight is 363 g/mol. The summed E-state index contributed by atoms with van der Waals surface area (Å²) in [4.78, 5) is 2.89. The van der Waals surface area contributed by atoms with Crippen molar-refractivity contribution in [3.8, 4) is 0 Å². The van der Waals surface area contributed by atoms with E-state index in [2.05, 4.69) is 18.6 Å². The monoisotopic (exact) mass is 362 g/mol. The Balaban J connectivity index is 1.83. The van der Waals surface area contributed by atoms with Gasteiger partial charge in [-0.3, -0.25) is 4.18 Å². The van der Waals surface area contributed by atoms with Crippen molar-refractivity contribution in [2.75, 3.05) is 0 Å². The highest BCUT2D eigenvalue weighted by Crippen LogP contribution is 2.28. The van der Waals surface area contributed by atoms with Gasteiger partial charge in [-0.15, -0.1) is 4.79 Å². The Morgan fingerprint density at radius 3 is 2.00 bits per heavy atom. The smallest absolute Gasteiger partial charge is 0.356 e. The Hall–Kier alpha value is -0.560. The van der Waals surface area contributed by atoms with Crippen molar-refractivity contribution in [1.82, 2.24) is 0 Å². The van der Waals surface area contributed by atoms with Crippen LogP contribution in [-0.4, -0.2) is 29.8 Å². The van der Waals surface area contributed by atoms with Gasteiger partial charge in [-0.25, -0.2) is 8.42 Å². The normalized spacial score (nSPS) is 34.2. The molecule has 0 spiro atoms. The molecule has 0 aliphatic heterocycles. The lowest BCUT2D eigenvalue weighted by molar-refractivity contribution is -0.0202. The van der Waals surface area contributed by atoms with E-state index in [-0.39, 0.29) is 11.4 Å². The van der Waals surface area contributed by atoms with Gasteiger partial charge < -0.3 is 9.71 Å². The van der Waals surface area contributed by atoms with Crippen LogP contribution in [0, 0.1) is 11.8 Å². The van der Waals surface area contributed by atoms with Crippen molar-refractivity contribution in [3.63, 3.8) is 0 Å². The first-order valence-electron chi connectivity index (χ1n) is 8.39. The van der Waals surface area contributed by atoms with Crippen LogP contribution in [0.5, 0.6) is 0 Å². The molecule has 2 aliphatic carbocycles. The first-order chi connectivity index (χ1) is 11.0. The van der Waals surface area contributed by atoms with Gasteiger partial charge in [-0.2, -0.15) is 0 Å². The highest BCUT2D eigenvalue weighted by Gasteiger charge is 2.33. The molecule has 0 aromatic carbocycles. The van der Waals surface area contributed by atoms with Crippen LogP contribution in [0.4, 0.5) is 0 Å². The van der Waals surface area contributed by atoms with E-state index in [1.165, 1.54) is 0 Å². The van der Waals surface area contributed by atoms with Gasteiger partial charge in [-0.1, -0.05) is 13.8 Å². The van der Waals surface area contributed by atoms with Gasteiger partial charge in [-0.05, 0) is 63.2 Å². The summed E-state index contributed by atoms with van der Waals surface area (Å²) in [6.07, 6.45) is 7.21. The molecule has 0 bridgehead atoms. The minimum atomic E-state index is -2.01. The molecular formula is C15H26N2O4S2. The lowest BCUT2D eigenvalue weighted by Gasteiger charge is -2.25. The maximum atomic E-state index is 12.2. The molecule has 2 rings (SSSR count). The molecule has 2 unspecified atom stereocenters. The highest BCUT2D eigenvalue weighted by atomic mass is 32.2. The van der Waals surface area contributed by atoms with Crippen molar-refractivity contribution >= 4 is 27.4 Å². The van der Waals surface area contributed by atoms with Gasteiger partial charge in [0, 0.05) is 0 Å². The molecule has 0 aromatic heterocycles. The second-order valence-corrected chi connectivity index (χ2v) is 9.17. The van der Waals surface area contributed by atoms with Gasteiger partial charge in [0.05, 0.1) is 11.4 Å². The highest BCUT2D eigenvalue weighted by molar-refractivity contribution is 7.97. The van der Waals surface area contributed by atoms with E-state index < -0.39 is 27.4 Å². The maximum absolute atomic E-state index is 12.2. The van der Waals surface area contributed by atoms with Gasteiger partial charge >= 0.3 is 16.3 Å². The van der Waals surface area contributed by atoms with Crippen molar-refractivity contribution in [2.24, 2.45) is 11.8 Å². The minimum Gasteiger partial charge on any atom is -0.356 e. The van der Waals surface area contributed by atoms with E-state index >= 15 is 0 Å². The van der Waals surface area contributed by atoms with Crippen LogP contribution in [-0.2, 0) is 30.5 Å². The molecule has 2 aliphatic rings. The van der Waals surface area contributed by atoms with Crippen LogP contribution in [0.15, 0.2) is 0 Å². The standard InChI is InChI=1S/C15H26N2O4S2/c1-11-3-7-13(8-4-11)20-23(19)15(17-16)21-22(18)14-9-5-12(2)6-10-14/h11-14H,3-10H2,1-2H3. The number of rotatable bonds is 4. The minimum absolute atomic E-state index is 0.101. The molecule has 2 atom stereocenters. The molecule has 132 valence electrons. The second kappa shape index (κ2) is 9.06. The van der Waals surface area contributed by atoms with Crippen molar-refractivity contribution in [3.05, 3.63) is 5.53 Å². The molecule has 8 heteroatoms. The van der Waals surface area contributed by atoms with Crippen LogP contribution in [0.3, 0.4) is 0 Å². The van der Waals surface area contributed by atoms with E-state index in [1.54, 1.807) is 0 Å². The van der Waals surface area contributed by atoms with Gasteiger partial charge in [0.15, 0.2) is 0 Å². The van der Waals surface area contributed by atoms with Crippen LogP contribution >= 0.6 is 0 Å². The van der Waals surface area contributed by atoms with Crippen LogP contribution in [0.2, 0.25) is 0 Å². The van der Waals surface area contributed by atoms with Crippen LogP contribution < -0.4 is 0 Å². The van der Waals surface area contributed by atoms with Gasteiger partial charge in [0.25, 0.3) is 0 Å². The van der Waals surface area contributed by atoms with Crippen molar-refractivity contribution in [1.29, 1.82) is 0 Å². The summed E-state index contributed by atoms with van der Waals surface area (Å²) in [6.45, 7) is 4.36. The largest absolute Gasteiger partial charge is 0.584 e. The third-order valence-electron chi connectivity index (χ3n) is 4.80. The molecule has 2 fully saturated rings. The molecule has 23 heavy (non-hydrogen) atoms. The number of nitrogens with zero attached hydrogens (tertiary/aromatic N) is 2. The molecule has 0 amide bonds. The van der Waals surface area contributed by atoms with Gasteiger partial charge in [0.2, 0.25) is 11.1 Å². The molecule has 0 heterocycles. The second-order valence-electron chi connectivity index (χ2n) is 6.80. The van der Waals surface area contributed by atoms with E-state index in [1.807, 2.05) is 0 Å². The first-order valence-corrected chi connectivity index (χ1v) is 10.6. The molecule has 2 saturated carbocycles. The Morgan fingerprint density at radius 2 is 1.48 bits per heavy atom. The zero-order valence-corrected chi connectivity index (χ0v) is 15.4. The summed E-state index contributed by atoms with van der Waals surface area (Å²) < 4.78 is 34.9. The average Bonchev–Trinajstić information content (AvgIpc) is 2.55. The fourth-order valence-electron chi connectivity index (χ4n) is 3.13. The summed E-state index contributed by atoms with van der Waals surface area (Å²) in [5.74, 6) is 1.30. The topological polar surface area (TPSA) is 89.0 Å². The lowest BCUT2D eigenvalue weighted by atomic mass is 9.89. The summed E-state index contributed by atoms with van der Waals surface area (Å²) in [5, 5.41) is -0.587. The fraction of sp³-hybridized carbons (Fsp3) is 0.933. The molecule has 6 nitrogen and oxygen atoms in total. The van der Waals surface area contributed by atoms with Crippen LogP contribution in [0.25, 0.3) is 5.53 Å². The molecule has 0 radical (unpaired) electrons. The SMILES string of the molecule is CC1CCC(OS(=O)C(=[N+]=[N-])OS(=O)C2CCC(C)CC2)CC1. The summed E-state index contributed by atoms with van der Waals surface area (Å²) in [5.41, 5.74) is 9.01. The van der Waals surface area contributed by atoms with E-state index in [9.17, 15) is 8.42 Å². The Bertz CT molecular complexity index is 492. The number of hydrogen-bond acceptors (Lipinski definition) is 4. The van der Waals surface area contributed by atoms with E-state index in [0.717, 1.165) is 51.4 Å². The van der Waals surface area contributed by atoms with E-state index in [4.69, 9.17) is 13.9 Å². The molecule has 0 N–H and O–H groups in total. The van der Waals surface area contributed by atoms with Crippen molar-refractivity contribution in [2.45, 2.75) is 76.6 Å². The lowest BCUT2D eigenvalue weighted by Crippen LogP contribution is -2.29. The zero-order valence-electron chi connectivity index (χ0n) is 13.8. The predicted octanol–water partition coefficient (Wildman–Crippen LogP) is 3.09. The molecular weight excluding hydrogens is 336 g/mol.